The number of hydrogen-bond donors (Lipinski definition) is 0. The number of pyridine rings is 1. The predicted octanol–water partition coefficient (Wildman–Crippen LogP) is 1.34. The van der Waals surface area contributed by atoms with Crippen molar-refractivity contribution in [3.8, 4) is 0 Å². The van der Waals surface area contributed by atoms with Gasteiger partial charge in [0.1, 0.15) is 0 Å². The first-order valence-corrected chi connectivity index (χ1v) is 5.96. The fourth-order valence-corrected chi connectivity index (χ4v) is 2.25. The van der Waals surface area contributed by atoms with Crippen LogP contribution in [0.1, 0.15) is 12.8 Å². The molecule has 0 amide bonds. The highest BCUT2D eigenvalue weighted by Gasteiger charge is 2.21. The lowest BCUT2D eigenvalue weighted by molar-refractivity contribution is 0.0816. The van der Waals surface area contributed by atoms with Gasteiger partial charge in [-0.15, -0.1) is 5.10 Å². The van der Waals surface area contributed by atoms with Gasteiger partial charge in [-0.05, 0) is 25.0 Å². The molecule has 0 saturated carbocycles. The third kappa shape index (κ3) is 1.98. The van der Waals surface area contributed by atoms with Crippen LogP contribution in [-0.4, -0.2) is 40.9 Å². The van der Waals surface area contributed by atoms with Crippen LogP contribution in [0.15, 0.2) is 24.4 Å². The Balaban J connectivity index is 1.80. The van der Waals surface area contributed by atoms with E-state index in [-0.39, 0.29) is 0 Å². The van der Waals surface area contributed by atoms with E-state index in [0.717, 1.165) is 37.5 Å². The van der Waals surface area contributed by atoms with Gasteiger partial charge in [-0.1, -0.05) is 6.07 Å². The Morgan fingerprint density at radius 2 is 2.12 bits per heavy atom. The first-order valence-electron chi connectivity index (χ1n) is 5.96. The van der Waals surface area contributed by atoms with Gasteiger partial charge in [0.05, 0.1) is 6.10 Å². The Morgan fingerprint density at radius 3 is 2.82 bits per heavy atom. The number of methoxy groups -OCH3 is 1. The van der Waals surface area contributed by atoms with Crippen LogP contribution in [-0.2, 0) is 4.74 Å². The molecule has 3 heterocycles. The lowest BCUT2D eigenvalue weighted by atomic mass is 10.1. The summed E-state index contributed by atoms with van der Waals surface area (Å²) in [4.78, 5) is 6.75. The molecule has 0 N–H and O–H groups in total. The molecule has 17 heavy (non-hydrogen) atoms. The van der Waals surface area contributed by atoms with Crippen LogP contribution in [0.25, 0.3) is 5.65 Å². The van der Waals surface area contributed by atoms with E-state index in [9.17, 15) is 0 Å². The van der Waals surface area contributed by atoms with E-state index in [2.05, 4.69) is 15.0 Å². The molecule has 0 unspecified atom stereocenters. The molecule has 0 aliphatic carbocycles. The second kappa shape index (κ2) is 4.33. The average molecular weight is 232 g/mol. The minimum absolute atomic E-state index is 0.392. The van der Waals surface area contributed by atoms with Gasteiger partial charge in [-0.2, -0.15) is 4.98 Å². The molecule has 2 aromatic heterocycles. The number of rotatable bonds is 2. The van der Waals surface area contributed by atoms with Crippen molar-refractivity contribution in [2.75, 3.05) is 25.1 Å². The summed E-state index contributed by atoms with van der Waals surface area (Å²) >= 11 is 0. The van der Waals surface area contributed by atoms with Crippen LogP contribution < -0.4 is 4.90 Å². The smallest absolute Gasteiger partial charge is 0.245 e. The van der Waals surface area contributed by atoms with E-state index < -0.39 is 0 Å². The summed E-state index contributed by atoms with van der Waals surface area (Å²) < 4.78 is 7.18. The molecule has 90 valence electrons. The third-order valence-electron chi connectivity index (χ3n) is 3.29. The van der Waals surface area contributed by atoms with E-state index in [1.807, 2.05) is 28.9 Å². The second-order valence-electron chi connectivity index (χ2n) is 4.34. The molecule has 0 radical (unpaired) electrons. The summed E-state index contributed by atoms with van der Waals surface area (Å²) in [6, 6.07) is 5.91. The Hall–Kier alpha value is -1.62. The zero-order valence-electron chi connectivity index (χ0n) is 9.91. The van der Waals surface area contributed by atoms with Gasteiger partial charge < -0.3 is 9.64 Å². The Kier molecular flexibility index (Phi) is 2.68. The molecule has 0 aromatic carbocycles. The van der Waals surface area contributed by atoms with Crippen LogP contribution in [0.3, 0.4) is 0 Å². The lowest BCUT2D eigenvalue weighted by Crippen LogP contribution is -2.37. The van der Waals surface area contributed by atoms with Gasteiger partial charge in [0.15, 0.2) is 5.65 Å². The summed E-state index contributed by atoms with van der Waals surface area (Å²) in [7, 11) is 1.78. The first-order chi connectivity index (χ1) is 8.36. The molecule has 2 aromatic rings. The molecular formula is C12H16N4O. The van der Waals surface area contributed by atoms with Gasteiger partial charge in [-0.25, -0.2) is 4.52 Å². The Morgan fingerprint density at radius 1 is 1.29 bits per heavy atom. The summed E-state index contributed by atoms with van der Waals surface area (Å²) in [6.07, 6.45) is 4.41. The summed E-state index contributed by atoms with van der Waals surface area (Å²) in [5, 5.41) is 4.48. The van der Waals surface area contributed by atoms with Crippen LogP contribution in [0.5, 0.6) is 0 Å². The quantitative estimate of drug-likeness (QED) is 0.783. The van der Waals surface area contributed by atoms with Gasteiger partial charge in [-0.3, -0.25) is 0 Å². The van der Waals surface area contributed by atoms with Crippen molar-refractivity contribution in [3.63, 3.8) is 0 Å². The largest absolute Gasteiger partial charge is 0.381 e. The average Bonchev–Trinajstić information content (AvgIpc) is 2.82. The lowest BCUT2D eigenvalue weighted by Gasteiger charge is -2.30. The topological polar surface area (TPSA) is 42.7 Å². The predicted molar refractivity (Wildman–Crippen MR) is 65.2 cm³/mol. The van der Waals surface area contributed by atoms with Crippen LogP contribution in [0.2, 0.25) is 0 Å². The fraction of sp³-hybridized carbons (Fsp3) is 0.500. The van der Waals surface area contributed by atoms with Crippen molar-refractivity contribution in [2.24, 2.45) is 0 Å². The highest BCUT2D eigenvalue weighted by molar-refractivity contribution is 5.44. The minimum Gasteiger partial charge on any atom is -0.381 e. The van der Waals surface area contributed by atoms with Gasteiger partial charge in [0, 0.05) is 26.4 Å². The maximum Gasteiger partial charge on any atom is 0.245 e. The first kappa shape index (κ1) is 10.5. The molecule has 0 spiro atoms. The fourth-order valence-electron chi connectivity index (χ4n) is 2.25. The number of nitrogens with zero attached hydrogens (tertiary/aromatic N) is 4. The van der Waals surface area contributed by atoms with Crippen LogP contribution >= 0.6 is 0 Å². The number of anilines is 1. The van der Waals surface area contributed by atoms with Gasteiger partial charge in [0.2, 0.25) is 5.95 Å². The maximum atomic E-state index is 5.36. The third-order valence-corrected chi connectivity index (χ3v) is 3.29. The van der Waals surface area contributed by atoms with Crippen molar-refractivity contribution < 1.29 is 4.74 Å². The molecule has 1 saturated heterocycles. The highest BCUT2D eigenvalue weighted by Crippen LogP contribution is 2.18. The zero-order chi connectivity index (χ0) is 11.7. The standard InChI is InChI=1S/C12H16N4O/c1-17-10-5-8-15(9-6-10)12-13-11-4-2-3-7-16(11)14-12/h2-4,7,10H,5-6,8-9H2,1H3. The van der Waals surface area contributed by atoms with Crippen molar-refractivity contribution in [1.82, 2.24) is 14.6 Å². The summed E-state index contributed by atoms with van der Waals surface area (Å²) in [5.41, 5.74) is 0.899. The number of piperidine rings is 1. The Labute approximate surface area is 100 Å². The molecule has 1 fully saturated rings. The summed E-state index contributed by atoms with van der Waals surface area (Å²) in [5.74, 6) is 0.825. The molecule has 1 aliphatic rings. The molecule has 0 bridgehead atoms. The molecule has 1 aliphatic heterocycles. The zero-order valence-corrected chi connectivity index (χ0v) is 9.91. The van der Waals surface area contributed by atoms with E-state index in [1.54, 1.807) is 7.11 Å². The number of aromatic nitrogens is 3. The van der Waals surface area contributed by atoms with Gasteiger partial charge in [0.25, 0.3) is 0 Å². The van der Waals surface area contributed by atoms with Gasteiger partial charge >= 0.3 is 0 Å². The second-order valence-corrected chi connectivity index (χ2v) is 4.34. The monoisotopic (exact) mass is 232 g/mol. The van der Waals surface area contributed by atoms with E-state index >= 15 is 0 Å². The number of fused-ring (bicyclic) bond motifs is 1. The van der Waals surface area contributed by atoms with Crippen molar-refractivity contribution in [2.45, 2.75) is 18.9 Å². The SMILES string of the molecule is COC1CCN(c2nc3ccccn3n2)CC1. The molecular weight excluding hydrogens is 216 g/mol. The van der Waals surface area contributed by atoms with Crippen LogP contribution in [0, 0.1) is 0 Å². The number of ether oxygens (including phenoxy) is 1. The minimum atomic E-state index is 0.392. The molecule has 3 rings (SSSR count). The Bertz CT molecular complexity index is 469. The summed E-state index contributed by atoms with van der Waals surface area (Å²) in [6.45, 7) is 1.94. The van der Waals surface area contributed by atoms with Crippen molar-refractivity contribution in [3.05, 3.63) is 24.4 Å². The van der Waals surface area contributed by atoms with E-state index in [0.29, 0.717) is 6.10 Å². The normalized spacial score (nSPS) is 17.8. The van der Waals surface area contributed by atoms with Crippen molar-refractivity contribution in [1.29, 1.82) is 0 Å². The molecule has 0 atom stereocenters. The molecule has 5 heteroatoms. The van der Waals surface area contributed by atoms with Crippen molar-refractivity contribution >= 4 is 11.6 Å². The van der Waals surface area contributed by atoms with Crippen LogP contribution in [0.4, 0.5) is 5.95 Å². The van der Waals surface area contributed by atoms with E-state index in [1.165, 1.54) is 0 Å². The highest BCUT2D eigenvalue weighted by atomic mass is 16.5. The maximum absolute atomic E-state index is 5.36. The number of hydrogen-bond acceptors (Lipinski definition) is 4. The molecule has 5 nitrogen and oxygen atoms in total. The van der Waals surface area contributed by atoms with E-state index in [4.69, 9.17) is 4.74 Å².